The molecule has 0 atom stereocenters. The van der Waals surface area contributed by atoms with E-state index in [1.54, 1.807) is 10.6 Å². The molecule has 0 aliphatic heterocycles. The summed E-state index contributed by atoms with van der Waals surface area (Å²) in [5, 5.41) is 2.83. The number of hydrogen-bond acceptors (Lipinski definition) is 2. The van der Waals surface area contributed by atoms with E-state index in [0.717, 1.165) is 30.9 Å². The standard InChI is InChI=1S/C20H21F2N3O/c1-3-4-5-9-17(26)24-20-19(14-7-6-8-15(21)18(14)22)23-16-12-13(2)10-11-25(16)20/h6-8,10-12H,3-5,9H2,1-2H3,(H,24,26). The van der Waals surface area contributed by atoms with Crippen LogP contribution in [0.1, 0.15) is 38.2 Å². The van der Waals surface area contributed by atoms with Crippen LogP contribution < -0.4 is 5.32 Å². The van der Waals surface area contributed by atoms with E-state index in [9.17, 15) is 13.6 Å². The van der Waals surface area contributed by atoms with Crippen LogP contribution in [0.25, 0.3) is 16.9 Å². The summed E-state index contributed by atoms with van der Waals surface area (Å²) in [5.74, 6) is -1.74. The Bertz CT molecular complexity index is 950. The first kappa shape index (κ1) is 18.0. The number of hydrogen-bond donors (Lipinski definition) is 1. The van der Waals surface area contributed by atoms with Gasteiger partial charge in [0.2, 0.25) is 5.91 Å². The summed E-state index contributed by atoms with van der Waals surface area (Å²) < 4.78 is 29.7. The van der Waals surface area contributed by atoms with Gasteiger partial charge >= 0.3 is 0 Å². The average Bonchev–Trinajstić information content (AvgIpc) is 2.95. The summed E-state index contributed by atoms with van der Waals surface area (Å²) >= 11 is 0. The summed E-state index contributed by atoms with van der Waals surface area (Å²) in [6.45, 7) is 3.98. The van der Waals surface area contributed by atoms with Crippen molar-refractivity contribution in [3.05, 3.63) is 53.7 Å². The number of nitrogens with zero attached hydrogens (tertiary/aromatic N) is 2. The second-order valence-electron chi connectivity index (χ2n) is 6.35. The summed E-state index contributed by atoms with van der Waals surface area (Å²) in [4.78, 5) is 16.7. The fourth-order valence-corrected chi connectivity index (χ4v) is 2.87. The monoisotopic (exact) mass is 357 g/mol. The van der Waals surface area contributed by atoms with Crippen molar-refractivity contribution >= 4 is 17.4 Å². The number of imidazole rings is 1. The summed E-state index contributed by atoms with van der Waals surface area (Å²) in [7, 11) is 0. The fraction of sp³-hybridized carbons (Fsp3) is 0.300. The van der Waals surface area contributed by atoms with Crippen LogP contribution in [0.2, 0.25) is 0 Å². The highest BCUT2D eigenvalue weighted by molar-refractivity contribution is 5.94. The number of aromatic nitrogens is 2. The number of pyridine rings is 1. The molecular formula is C20H21F2N3O. The molecule has 2 heterocycles. The Morgan fingerprint density at radius 3 is 2.81 bits per heavy atom. The Labute approximate surface area is 150 Å². The third-order valence-electron chi connectivity index (χ3n) is 4.25. The van der Waals surface area contributed by atoms with Crippen LogP contribution >= 0.6 is 0 Å². The highest BCUT2D eigenvalue weighted by Crippen LogP contribution is 2.32. The van der Waals surface area contributed by atoms with Gasteiger partial charge in [0.05, 0.1) is 0 Å². The number of aryl methyl sites for hydroxylation is 1. The number of carbonyl (C=O) groups is 1. The number of amides is 1. The molecule has 3 rings (SSSR count). The number of anilines is 1. The van der Waals surface area contributed by atoms with Crippen molar-refractivity contribution in [2.75, 3.05) is 5.32 Å². The van der Waals surface area contributed by atoms with Gasteiger partial charge < -0.3 is 5.32 Å². The molecule has 136 valence electrons. The van der Waals surface area contributed by atoms with Crippen LogP contribution in [-0.2, 0) is 4.79 Å². The van der Waals surface area contributed by atoms with Crippen molar-refractivity contribution in [3.8, 4) is 11.3 Å². The number of halogens is 2. The molecule has 1 aromatic carbocycles. The maximum Gasteiger partial charge on any atom is 0.225 e. The summed E-state index contributed by atoms with van der Waals surface area (Å²) in [6.07, 6.45) is 4.90. The van der Waals surface area contributed by atoms with Crippen LogP contribution in [0.3, 0.4) is 0 Å². The lowest BCUT2D eigenvalue weighted by molar-refractivity contribution is -0.116. The van der Waals surface area contributed by atoms with Crippen molar-refractivity contribution < 1.29 is 13.6 Å². The molecule has 2 aromatic heterocycles. The molecule has 4 nitrogen and oxygen atoms in total. The van der Waals surface area contributed by atoms with E-state index in [0.29, 0.717) is 17.9 Å². The molecular weight excluding hydrogens is 336 g/mol. The van der Waals surface area contributed by atoms with Crippen molar-refractivity contribution in [1.29, 1.82) is 0 Å². The largest absolute Gasteiger partial charge is 0.310 e. The van der Waals surface area contributed by atoms with Gasteiger partial charge in [-0.25, -0.2) is 13.8 Å². The van der Waals surface area contributed by atoms with Gasteiger partial charge in [-0.1, -0.05) is 25.8 Å². The van der Waals surface area contributed by atoms with E-state index in [1.807, 2.05) is 19.1 Å². The van der Waals surface area contributed by atoms with E-state index >= 15 is 0 Å². The summed E-state index contributed by atoms with van der Waals surface area (Å²) in [6, 6.07) is 7.64. The van der Waals surface area contributed by atoms with E-state index in [-0.39, 0.29) is 17.2 Å². The number of nitrogens with one attached hydrogen (secondary N) is 1. The highest BCUT2D eigenvalue weighted by Gasteiger charge is 2.20. The van der Waals surface area contributed by atoms with Crippen molar-refractivity contribution in [2.45, 2.75) is 39.5 Å². The van der Waals surface area contributed by atoms with Gasteiger partial charge in [-0.15, -0.1) is 0 Å². The van der Waals surface area contributed by atoms with Gasteiger partial charge in [-0.05, 0) is 43.2 Å². The molecule has 0 fully saturated rings. The number of fused-ring (bicyclic) bond motifs is 1. The first-order chi connectivity index (χ1) is 12.5. The molecule has 0 unspecified atom stereocenters. The van der Waals surface area contributed by atoms with Gasteiger partial charge in [-0.2, -0.15) is 0 Å². The van der Waals surface area contributed by atoms with Crippen LogP contribution in [0, 0.1) is 18.6 Å². The molecule has 0 saturated carbocycles. The maximum atomic E-state index is 14.3. The van der Waals surface area contributed by atoms with Gasteiger partial charge in [-0.3, -0.25) is 9.20 Å². The molecule has 0 aliphatic rings. The average molecular weight is 357 g/mol. The van der Waals surface area contributed by atoms with Gasteiger partial charge in [0, 0.05) is 18.2 Å². The van der Waals surface area contributed by atoms with E-state index in [4.69, 9.17) is 0 Å². The predicted molar refractivity (Wildman–Crippen MR) is 98.1 cm³/mol. The van der Waals surface area contributed by atoms with Crippen molar-refractivity contribution in [2.24, 2.45) is 0 Å². The molecule has 6 heteroatoms. The molecule has 3 aromatic rings. The molecule has 26 heavy (non-hydrogen) atoms. The third kappa shape index (κ3) is 3.59. The zero-order valence-electron chi connectivity index (χ0n) is 14.9. The third-order valence-corrected chi connectivity index (χ3v) is 4.25. The predicted octanol–water partition coefficient (Wildman–Crippen LogP) is 5.11. The first-order valence-corrected chi connectivity index (χ1v) is 8.74. The topological polar surface area (TPSA) is 46.4 Å². The van der Waals surface area contributed by atoms with E-state index in [1.165, 1.54) is 12.1 Å². The molecule has 1 N–H and O–H groups in total. The number of rotatable bonds is 6. The maximum absolute atomic E-state index is 14.3. The fourth-order valence-electron chi connectivity index (χ4n) is 2.87. The molecule has 0 radical (unpaired) electrons. The van der Waals surface area contributed by atoms with Gasteiger partial charge in [0.1, 0.15) is 17.2 Å². The minimum atomic E-state index is -0.978. The Balaban J connectivity index is 2.07. The Kier molecular flexibility index (Phi) is 5.30. The molecule has 0 spiro atoms. The van der Waals surface area contributed by atoms with Gasteiger partial charge in [0.25, 0.3) is 0 Å². The minimum Gasteiger partial charge on any atom is -0.310 e. The lowest BCUT2D eigenvalue weighted by Gasteiger charge is -2.09. The van der Waals surface area contributed by atoms with Crippen LogP contribution in [-0.4, -0.2) is 15.3 Å². The molecule has 0 bridgehead atoms. The lowest BCUT2D eigenvalue weighted by atomic mass is 10.1. The zero-order valence-corrected chi connectivity index (χ0v) is 14.9. The molecule has 1 amide bonds. The molecule has 0 aliphatic carbocycles. The highest BCUT2D eigenvalue weighted by atomic mass is 19.2. The van der Waals surface area contributed by atoms with Crippen LogP contribution in [0.4, 0.5) is 14.6 Å². The van der Waals surface area contributed by atoms with Gasteiger partial charge in [0.15, 0.2) is 11.6 Å². The van der Waals surface area contributed by atoms with Crippen LogP contribution in [0.5, 0.6) is 0 Å². The van der Waals surface area contributed by atoms with Crippen molar-refractivity contribution in [1.82, 2.24) is 9.38 Å². The lowest BCUT2D eigenvalue weighted by Crippen LogP contribution is -2.13. The molecule has 0 saturated heterocycles. The number of unbranched alkanes of at least 4 members (excludes halogenated alkanes) is 2. The summed E-state index contributed by atoms with van der Waals surface area (Å²) in [5.41, 5.74) is 1.79. The normalized spacial score (nSPS) is 11.1. The van der Waals surface area contributed by atoms with E-state index < -0.39 is 11.6 Å². The van der Waals surface area contributed by atoms with Crippen molar-refractivity contribution in [3.63, 3.8) is 0 Å². The first-order valence-electron chi connectivity index (χ1n) is 8.74. The number of carbonyl (C=O) groups excluding carboxylic acids is 1. The smallest absolute Gasteiger partial charge is 0.225 e. The van der Waals surface area contributed by atoms with Crippen LogP contribution in [0.15, 0.2) is 36.5 Å². The zero-order chi connectivity index (χ0) is 18.7. The second-order valence-corrected chi connectivity index (χ2v) is 6.35. The van der Waals surface area contributed by atoms with E-state index in [2.05, 4.69) is 17.2 Å². The Morgan fingerprint density at radius 1 is 1.23 bits per heavy atom. The number of benzene rings is 1. The minimum absolute atomic E-state index is 0.0233. The Morgan fingerprint density at radius 2 is 2.04 bits per heavy atom. The quantitative estimate of drug-likeness (QED) is 0.623. The second kappa shape index (κ2) is 7.64. The SMILES string of the molecule is CCCCCC(=O)Nc1c(-c2cccc(F)c2F)nc2cc(C)ccn12. The Hall–Kier alpha value is -2.76.